The maximum absolute atomic E-state index is 12.0. The standard InChI is InChI=1S/C17H24Cl2N2O3/c1-20-12-9-13(24-17(10-12)23-2)5-6-21-16(22)8-11-3-4-14(18)15(19)7-11/h3-4,7,12-13,17,20H,5-6,8-10H2,1-2H3,(H,21,22)/t12-,13+,17-/m0/s1. The molecule has 1 heterocycles. The average Bonchev–Trinajstić information content (AvgIpc) is 2.57. The zero-order chi connectivity index (χ0) is 17.5. The number of benzene rings is 1. The lowest BCUT2D eigenvalue weighted by Crippen LogP contribution is -2.43. The van der Waals surface area contributed by atoms with E-state index in [1.807, 2.05) is 7.05 Å². The number of carbonyl (C=O) groups excluding carboxylic acids is 1. The predicted molar refractivity (Wildman–Crippen MR) is 95.5 cm³/mol. The molecule has 7 heteroatoms. The number of ether oxygens (including phenoxy) is 2. The zero-order valence-electron chi connectivity index (χ0n) is 14.0. The number of amides is 1. The van der Waals surface area contributed by atoms with Crippen LogP contribution in [0.1, 0.15) is 24.8 Å². The van der Waals surface area contributed by atoms with Gasteiger partial charge in [-0.25, -0.2) is 0 Å². The molecule has 0 bridgehead atoms. The van der Waals surface area contributed by atoms with Crippen LogP contribution in [0.2, 0.25) is 10.0 Å². The second kappa shape index (κ2) is 9.59. The molecule has 0 spiro atoms. The quantitative estimate of drug-likeness (QED) is 0.770. The highest BCUT2D eigenvalue weighted by Gasteiger charge is 2.28. The van der Waals surface area contributed by atoms with Gasteiger partial charge in [-0.1, -0.05) is 29.3 Å². The first-order valence-electron chi connectivity index (χ1n) is 8.08. The molecule has 134 valence electrons. The molecule has 1 saturated heterocycles. The second-order valence-corrected chi connectivity index (χ2v) is 6.76. The molecule has 1 aliphatic heterocycles. The first kappa shape index (κ1) is 19.5. The van der Waals surface area contributed by atoms with Crippen LogP contribution in [0, 0.1) is 0 Å². The summed E-state index contributed by atoms with van der Waals surface area (Å²) in [5.74, 6) is -0.0438. The van der Waals surface area contributed by atoms with Crippen molar-refractivity contribution in [2.45, 2.75) is 44.1 Å². The third-order valence-corrected chi connectivity index (χ3v) is 4.92. The van der Waals surface area contributed by atoms with Gasteiger partial charge in [0.1, 0.15) is 0 Å². The van der Waals surface area contributed by atoms with Crippen LogP contribution < -0.4 is 10.6 Å². The van der Waals surface area contributed by atoms with Crippen LogP contribution in [0.4, 0.5) is 0 Å². The Kier molecular flexibility index (Phi) is 7.78. The highest BCUT2D eigenvalue weighted by atomic mass is 35.5. The third kappa shape index (κ3) is 5.90. The molecule has 24 heavy (non-hydrogen) atoms. The molecule has 0 aliphatic carbocycles. The Morgan fingerprint density at radius 3 is 2.79 bits per heavy atom. The van der Waals surface area contributed by atoms with Gasteiger partial charge in [-0.15, -0.1) is 0 Å². The fraction of sp³-hybridized carbons (Fsp3) is 0.588. The Morgan fingerprint density at radius 2 is 2.12 bits per heavy atom. The molecule has 5 nitrogen and oxygen atoms in total. The maximum Gasteiger partial charge on any atom is 0.224 e. The zero-order valence-corrected chi connectivity index (χ0v) is 15.5. The van der Waals surface area contributed by atoms with Crippen molar-refractivity contribution in [3.8, 4) is 0 Å². The van der Waals surface area contributed by atoms with E-state index in [0.717, 1.165) is 24.8 Å². The van der Waals surface area contributed by atoms with Crippen LogP contribution in [0.25, 0.3) is 0 Å². The lowest BCUT2D eigenvalue weighted by Gasteiger charge is -2.34. The molecule has 1 aromatic rings. The Balaban J connectivity index is 1.74. The number of hydrogen-bond donors (Lipinski definition) is 2. The number of hydrogen-bond acceptors (Lipinski definition) is 4. The Labute approximate surface area is 153 Å². The number of nitrogens with one attached hydrogen (secondary N) is 2. The smallest absolute Gasteiger partial charge is 0.224 e. The van der Waals surface area contributed by atoms with Crippen molar-refractivity contribution in [2.24, 2.45) is 0 Å². The van der Waals surface area contributed by atoms with Gasteiger partial charge in [0.05, 0.1) is 22.6 Å². The summed E-state index contributed by atoms with van der Waals surface area (Å²) in [6.07, 6.45) is 2.68. The van der Waals surface area contributed by atoms with Crippen molar-refractivity contribution in [3.05, 3.63) is 33.8 Å². The number of carbonyl (C=O) groups is 1. The van der Waals surface area contributed by atoms with Gasteiger partial charge < -0.3 is 20.1 Å². The van der Waals surface area contributed by atoms with Gasteiger partial charge in [-0.05, 0) is 37.6 Å². The Morgan fingerprint density at radius 1 is 1.33 bits per heavy atom. The van der Waals surface area contributed by atoms with E-state index in [0.29, 0.717) is 22.6 Å². The molecular weight excluding hydrogens is 351 g/mol. The molecule has 0 aromatic heterocycles. The molecule has 1 amide bonds. The summed E-state index contributed by atoms with van der Waals surface area (Å²) in [5.41, 5.74) is 0.838. The lowest BCUT2D eigenvalue weighted by atomic mass is 10.0. The van der Waals surface area contributed by atoms with Gasteiger partial charge >= 0.3 is 0 Å². The van der Waals surface area contributed by atoms with Gasteiger partial charge in [0.25, 0.3) is 0 Å². The molecule has 2 N–H and O–H groups in total. The predicted octanol–water partition coefficient (Wildman–Crippen LogP) is 2.78. The molecule has 0 radical (unpaired) electrons. The van der Waals surface area contributed by atoms with Crippen molar-refractivity contribution in [3.63, 3.8) is 0 Å². The van der Waals surface area contributed by atoms with Crippen molar-refractivity contribution < 1.29 is 14.3 Å². The van der Waals surface area contributed by atoms with Gasteiger partial charge in [-0.3, -0.25) is 4.79 Å². The summed E-state index contributed by atoms with van der Waals surface area (Å²) in [7, 11) is 3.59. The summed E-state index contributed by atoms with van der Waals surface area (Å²) in [4.78, 5) is 12.0. The fourth-order valence-electron chi connectivity index (χ4n) is 2.82. The number of rotatable bonds is 7. The summed E-state index contributed by atoms with van der Waals surface area (Å²) in [6, 6.07) is 5.60. The fourth-order valence-corrected chi connectivity index (χ4v) is 3.14. The minimum Gasteiger partial charge on any atom is -0.356 e. The molecule has 1 aromatic carbocycles. The van der Waals surface area contributed by atoms with Gasteiger partial charge in [0.2, 0.25) is 5.91 Å². The van der Waals surface area contributed by atoms with E-state index in [2.05, 4.69) is 10.6 Å². The van der Waals surface area contributed by atoms with Crippen LogP contribution in [0.15, 0.2) is 18.2 Å². The monoisotopic (exact) mass is 374 g/mol. The van der Waals surface area contributed by atoms with Gasteiger partial charge in [0.15, 0.2) is 6.29 Å². The Hall–Kier alpha value is -0.850. The molecule has 0 unspecified atom stereocenters. The average molecular weight is 375 g/mol. The van der Waals surface area contributed by atoms with Crippen molar-refractivity contribution >= 4 is 29.1 Å². The van der Waals surface area contributed by atoms with E-state index in [9.17, 15) is 4.79 Å². The van der Waals surface area contributed by atoms with E-state index in [1.54, 1.807) is 25.3 Å². The van der Waals surface area contributed by atoms with E-state index in [1.165, 1.54) is 0 Å². The number of methoxy groups -OCH3 is 1. The van der Waals surface area contributed by atoms with E-state index < -0.39 is 0 Å². The normalized spacial score (nSPS) is 23.9. The molecule has 1 aliphatic rings. The topological polar surface area (TPSA) is 59.6 Å². The summed E-state index contributed by atoms with van der Waals surface area (Å²) >= 11 is 11.8. The first-order chi connectivity index (χ1) is 11.5. The molecule has 0 saturated carbocycles. The van der Waals surface area contributed by atoms with Crippen LogP contribution in [0.3, 0.4) is 0 Å². The lowest BCUT2D eigenvalue weighted by molar-refractivity contribution is -0.187. The Bertz CT molecular complexity index is 545. The highest BCUT2D eigenvalue weighted by Crippen LogP contribution is 2.23. The largest absolute Gasteiger partial charge is 0.356 e. The summed E-state index contributed by atoms with van der Waals surface area (Å²) in [6.45, 7) is 0.567. The van der Waals surface area contributed by atoms with Crippen LogP contribution in [-0.4, -0.2) is 45.0 Å². The summed E-state index contributed by atoms with van der Waals surface area (Å²) < 4.78 is 11.2. The SMILES string of the molecule is CN[C@H]1C[C@@H](CCNC(=O)Cc2ccc(Cl)c(Cl)c2)O[C@H](OC)C1. The molecular formula is C17H24Cl2N2O3. The van der Waals surface area contributed by atoms with Crippen molar-refractivity contribution in [1.82, 2.24) is 10.6 Å². The molecule has 1 fully saturated rings. The van der Waals surface area contributed by atoms with E-state index in [-0.39, 0.29) is 24.7 Å². The second-order valence-electron chi connectivity index (χ2n) is 5.94. The minimum atomic E-state index is -0.187. The first-order valence-corrected chi connectivity index (χ1v) is 8.83. The van der Waals surface area contributed by atoms with Crippen LogP contribution in [-0.2, 0) is 20.7 Å². The van der Waals surface area contributed by atoms with E-state index in [4.69, 9.17) is 32.7 Å². The van der Waals surface area contributed by atoms with Crippen molar-refractivity contribution in [2.75, 3.05) is 20.7 Å². The maximum atomic E-state index is 12.0. The molecule has 3 atom stereocenters. The summed E-state index contributed by atoms with van der Waals surface area (Å²) in [5, 5.41) is 7.14. The van der Waals surface area contributed by atoms with E-state index >= 15 is 0 Å². The van der Waals surface area contributed by atoms with Gasteiger partial charge in [0, 0.05) is 26.1 Å². The number of halogens is 2. The van der Waals surface area contributed by atoms with Crippen LogP contribution >= 0.6 is 23.2 Å². The van der Waals surface area contributed by atoms with Gasteiger partial charge in [-0.2, -0.15) is 0 Å². The molecule has 2 rings (SSSR count). The van der Waals surface area contributed by atoms with Crippen molar-refractivity contribution in [1.29, 1.82) is 0 Å². The minimum absolute atomic E-state index is 0.0438. The van der Waals surface area contributed by atoms with Crippen LogP contribution in [0.5, 0.6) is 0 Å². The highest BCUT2D eigenvalue weighted by molar-refractivity contribution is 6.42. The third-order valence-electron chi connectivity index (χ3n) is 4.18.